The lowest BCUT2D eigenvalue weighted by Gasteiger charge is -2.11. The SMILES string of the molecule is O=c1[nH]cc(-c2cccc(OCC(F)(F)F)c2)cc1-c1ccnn1-c1ccccc1. The molecule has 2 heterocycles. The van der Waals surface area contributed by atoms with Gasteiger partial charge in [-0.05, 0) is 47.5 Å². The third-order valence-corrected chi connectivity index (χ3v) is 4.39. The molecule has 8 heteroatoms. The molecule has 4 rings (SSSR count). The predicted octanol–water partition coefficient (Wildman–Crippen LogP) is 4.84. The standard InChI is InChI=1S/C22H16F3N3O2/c23-22(24,25)14-30-18-8-4-5-15(11-18)16-12-19(21(29)26-13-16)20-9-10-27-28(20)17-6-2-1-3-7-17/h1-13H,14H2,(H,26,29). The highest BCUT2D eigenvalue weighted by Gasteiger charge is 2.28. The van der Waals surface area contributed by atoms with Crippen LogP contribution in [0.5, 0.6) is 5.75 Å². The van der Waals surface area contributed by atoms with Crippen LogP contribution < -0.4 is 10.3 Å². The summed E-state index contributed by atoms with van der Waals surface area (Å²) in [6.07, 6.45) is -1.31. The van der Waals surface area contributed by atoms with E-state index in [2.05, 4.69) is 10.1 Å². The van der Waals surface area contributed by atoms with Gasteiger partial charge in [0.25, 0.3) is 5.56 Å². The summed E-state index contributed by atoms with van der Waals surface area (Å²) in [5.74, 6) is 0.0897. The van der Waals surface area contributed by atoms with Gasteiger partial charge in [-0.3, -0.25) is 4.79 Å². The molecule has 0 saturated heterocycles. The average Bonchev–Trinajstić information content (AvgIpc) is 3.23. The first-order chi connectivity index (χ1) is 14.4. The maximum absolute atomic E-state index is 12.5. The zero-order chi connectivity index (χ0) is 21.1. The Morgan fingerprint density at radius 1 is 0.967 bits per heavy atom. The second kappa shape index (κ2) is 7.90. The number of hydrogen-bond acceptors (Lipinski definition) is 3. The van der Waals surface area contributed by atoms with Gasteiger partial charge in [0.1, 0.15) is 5.75 Å². The Morgan fingerprint density at radius 3 is 2.53 bits per heavy atom. The van der Waals surface area contributed by atoms with Gasteiger partial charge in [-0.2, -0.15) is 18.3 Å². The minimum absolute atomic E-state index is 0.0897. The molecule has 0 aliphatic heterocycles. The van der Waals surface area contributed by atoms with E-state index in [1.807, 2.05) is 30.3 Å². The van der Waals surface area contributed by atoms with Crippen LogP contribution in [0.3, 0.4) is 0 Å². The van der Waals surface area contributed by atoms with Crippen molar-refractivity contribution in [2.24, 2.45) is 0 Å². The van der Waals surface area contributed by atoms with E-state index in [4.69, 9.17) is 4.74 Å². The molecule has 152 valence electrons. The number of aromatic amines is 1. The number of ether oxygens (including phenoxy) is 1. The van der Waals surface area contributed by atoms with Crippen molar-refractivity contribution in [3.8, 4) is 33.8 Å². The zero-order valence-corrected chi connectivity index (χ0v) is 15.6. The molecule has 0 aliphatic rings. The zero-order valence-electron chi connectivity index (χ0n) is 15.6. The highest BCUT2D eigenvalue weighted by atomic mass is 19.4. The first kappa shape index (κ1) is 19.5. The number of nitrogens with one attached hydrogen (secondary N) is 1. The van der Waals surface area contributed by atoms with Gasteiger partial charge in [0.15, 0.2) is 6.61 Å². The molecule has 0 unspecified atom stereocenters. The normalized spacial score (nSPS) is 11.4. The summed E-state index contributed by atoms with van der Waals surface area (Å²) < 4.78 is 43.7. The predicted molar refractivity (Wildman–Crippen MR) is 107 cm³/mol. The molecule has 0 spiro atoms. The molecule has 2 aromatic heterocycles. The smallest absolute Gasteiger partial charge is 0.422 e. The Hall–Kier alpha value is -3.81. The number of halogens is 3. The van der Waals surface area contributed by atoms with Crippen molar-refractivity contribution in [2.45, 2.75) is 6.18 Å². The van der Waals surface area contributed by atoms with Gasteiger partial charge < -0.3 is 9.72 Å². The number of alkyl halides is 3. The Balaban J connectivity index is 1.71. The molecule has 0 saturated carbocycles. The molecule has 0 amide bonds. The maximum Gasteiger partial charge on any atom is 0.422 e. The Morgan fingerprint density at radius 2 is 1.77 bits per heavy atom. The summed E-state index contributed by atoms with van der Waals surface area (Å²) in [5.41, 5.74) is 2.70. The van der Waals surface area contributed by atoms with Gasteiger partial charge in [-0.25, -0.2) is 4.68 Å². The first-order valence-corrected chi connectivity index (χ1v) is 9.03. The lowest BCUT2D eigenvalue weighted by atomic mass is 10.0. The minimum atomic E-state index is -4.42. The lowest BCUT2D eigenvalue weighted by Crippen LogP contribution is -2.19. The molecule has 1 N–H and O–H groups in total. The molecule has 0 bridgehead atoms. The fourth-order valence-corrected chi connectivity index (χ4v) is 3.05. The Kier molecular flexibility index (Phi) is 5.14. The third kappa shape index (κ3) is 4.27. The maximum atomic E-state index is 12.5. The van der Waals surface area contributed by atoms with E-state index in [9.17, 15) is 18.0 Å². The van der Waals surface area contributed by atoms with E-state index in [0.29, 0.717) is 22.4 Å². The summed E-state index contributed by atoms with van der Waals surface area (Å²) in [6.45, 7) is -1.37. The van der Waals surface area contributed by atoms with E-state index < -0.39 is 12.8 Å². The fourth-order valence-electron chi connectivity index (χ4n) is 3.05. The minimum Gasteiger partial charge on any atom is -0.484 e. The summed E-state index contributed by atoms with van der Waals surface area (Å²) in [5, 5.41) is 4.31. The van der Waals surface area contributed by atoms with Crippen LogP contribution in [0.4, 0.5) is 13.2 Å². The molecule has 0 fully saturated rings. The van der Waals surface area contributed by atoms with Gasteiger partial charge in [0.2, 0.25) is 0 Å². The van der Waals surface area contributed by atoms with Crippen molar-refractivity contribution >= 4 is 0 Å². The van der Waals surface area contributed by atoms with Gasteiger partial charge in [0.05, 0.1) is 23.1 Å². The Labute approximate surface area is 169 Å². The van der Waals surface area contributed by atoms with Gasteiger partial charge in [-0.15, -0.1) is 0 Å². The van der Waals surface area contributed by atoms with E-state index in [-0.39, 0.29) is 11.3 Å². The third-order valence-electron chi connectivity index (χ3n) is 4.39. The largest absolute Gasteiger partial charge is 0.484 e. The number of hydrogen-bond donors (Lipinski definition) is 1. The van der Waals surface area contributed by atoms with Crippen LogP contribution >= 0.6 is 0 Å². The molecule has 0 aliphatic carbocycles. The first-order valence-electron chi connectivity index (χ1n) is 9.03. The van der Waals surface area contributed by atoms with Crippen LogP contribution in [-0.4, -0.2) is 27.5 Å². The topological polar surface area (TPSA) is 59.9 Å². The van der Waals surface area contributed by atoms with Crippen molar-refractivity contribution < 1.29 is 17.9 Å². The van der Waals surface area contributed by atoms with Gasteiger partial charge in [-0.1, -0.05) is 30.3 Å². The average molecular weight is 411 g/mol. The number of benzene rings is 2. The second-order valence-electron chi connectivity index (χ2n) is 6.53. The van der Waals surface area contributed by atoms with Crippen LogP contribution in [-0.2, 0) is 0 Å². The van der Waals surface area contributed by atoms with Crippen molar-refractivity contribution in [1.29, 1.82) is 0 Å². The summed E-state index contributed by atoms with van der Waals surface area (Å²) >= 11 is 0. The summed E-state index contributed by atoms with van der Waals surface area (Å²) in [7, 11) is 0. The highest BCUT2D eigenvalue weighted by Crippen LogP contribution is 2.28. The number of rotatable bonds is 5. The number of aromatic nitrogens is 3. The quantitative estimate of drug-likeness (QED) is 0.512. The van der Waals surface area contributed by atoms with Crippen LogP contribution in [0.1, 0.15) is 0 Å². The fraction of sp³-hybridized carbons (Fsp3) is 0.0909. The molecular formula is C22H16F3N3O2. The van der Waals surface area contributed by atoms with E-state index in [1.165, 1.54) is 18.3 Å². The van der Waals surface area contributed by atoms with Crippen LogP contribution in [0.25, 0.3) is 28.1 Å². The van der Waals surface area contributed by atoms with Crippen LogP contribution in [0.15, 0.2) is 83.9 Å². The highest BCUT2D eigenvalue weighted by molar-refractivity contribution is 5.71. The van der Waals surface area contributed by atoms with Crippen molar-refractivity contribution in [2.75, 3.05) is 6.61 Å². The lowest BCUT2D eigenvalue weighted by molar-refractivity contribution is -0.153. The molecule has 0 atom stereocenters. The molecule has 30 heavy (non-hydrogen) atoms. The molecule has 2 aromatic carbocycles. The number of para-hydroxylation sites is 1. The number of H-pyrrole nitrogens is 1. The van der Waals surface area contributed by atoms with Crippen molar-refractivity contribution in [3.63, 3.8) is 0 Å². The second-order valence-corrected chi connectivity index (χ2v) is 6.53. The van der Waals surface area contributed by atoms with Gasteiger partial charge in [0, 0.05) is 6.20 Å². The van der Waals surface area contributed by atoms with Crippen LogP contribution in [0.2, 0.25) is 0 Å². The molecule has 0 radical (unpaired) electrons. The van der Waals surface area contributed by atoms with Crippen molar-refractivity contribution in [1.82, 2.24) is 14.8 Å². The van der Waals surface area contributed by atoms with E-state index in [1.54, 1.807) is 35.1 Å². The van der Waals surface area contributed by atoms with E-state index in [0.717, 1.165) is 5.69 Å². The van der Waals surface area contributed by atoms with Crippen molar-refractivity contribution in [3.05, 3.63) is 89.5 Å². The van der Waals surface area contributed by atoms with Gasteiger partial charge >= 0.3 is 6.18 Å². The number of nitrogens with zero attached hydrogens (tertiary/aromatic N) is 2. The van der Waals surface area contributed by atoms with E-state index >= 15 is 0 Å². The monoisotopic (exact) mass is 411 g/mol. The molecule has 5 nitrogen and oxygen atoms in total. The molecule has 4 aromatic rings. The summed E-state index contributed by atoms with van der Waals surface area (Å²) in [6, 6.07) is 19.0. The summed E-state index contributed by atoms with van der Waals surface area (Å²) in [4.78, 5) is 15.2. The Bertz CT molecular complexity index is 1210. The van der Waals surface area contributed by atoms with Crippen LogP contribution in [0, 0.1) is 0 Å². The number of pyridine rings is 1. The molecular weight excluding hydrogens is 395 g/mol.